The van der Waals surface area contributed by atoms with Crippen molar-refractivity contribution in [1.29, 1.82) is 0 Å². The standard InChI is InChI=1S/C23H26N2O2/c1-16-17(2)24-22-20(16)11-6-12-21(22)23(26)25-13-7-8-18(14-25)15-27-19-9-4-3-5-10-19/h3-6,9-12,18,24H,7-8,13-15H2,1-2H3. The van der Waals surface area contributed by atoms with E-state index in [0.29, 0.717) is 12.5 Å². The molecule has 27 heavy (non-hydrogen) atoms. The lowest BCUT2D eigenvalue weighted by Crippen LogP contribution is -2.41. The molecule has 4 nitrogen and oxygen atoms in total. The fraction of sp³-hybridized carbons (Fsp3) is 0.348. The molecule has 2 heterocycles. The van der Waals surface area contributed by atoms with E-state index in [0.717, 1.165) is 53.8 Å². The van der Waals surface area contributed by atoms with Gasteiger partial charge in [0.05, 0.1) is 17.7 Å². The number of nitrogens with zero attached hydrogens (tertiary/aromatic N) is 1. The van der Waals surface area contributed by atoms with Gasteiger partial charge in [0.25, 0.3) is 5.91 Å². The summed E-state index contributed by atoms with van der Waals surface area (Å²) < 4.78 is 5.92. The Hall–Kier alpha value is -2.75. The molecular formula is C23H26N2O2. The molecule has 0 aliphatic carbocycles. The average molecular weight is 362 g/mol. The lowest BCUT2D eigenvalue weighted by Gasteiger charge is -2.32. The van der Waals surface area contributed by atoms with Crippen LogP contribution in [0.1, 0.15) is 34.5 Å². The number of amides is 1. The van der Waals surface area contributed by atoms with Crippen molar-refractivity contribution < 1.29 is 9.53 Å². The van der Waals surface area contributed by atoms with E-state index in [9.17, 15) is 4.79 Å². The molecular weight excluding hydrogens is 336 g/mol. The van der Waals surface area contributed by atoms with Crippen molar-refractivity contribution in [3.63, 3.8) is 0 Å². The minimum atomic E-state index is 0.117. The summed E-state index contributed by atoms with van der Waals surface area (Å²) in [6, 6.07) is 15.9. The molecule has 4 rings (SSSR count). The Labute approximate surface area is 160 Å². The number of likely N-dealkylation sites (tertiary alicyclic amines) is 1. The maximum atomic E-state index is 13.2. The van der Waals surface area contributed by atoms with Crippen LogP contribution in [0, 0.1) is 19.8 Å². The van der Waals surface area contributed by atoms with Gasteiger partial charge >= 0.3 is 0 Å². The zero-order valence-corrected chi connectivity index (χ0v) is 16.0. The van der Waals surface area contributed by atoms with Crippen LogP contribution in [0.5, 0.6) is 5.75 Å². The van der Waals surface area contributed by atoms with E-state index >= 15 is 0 Å². The van der Waals surface area contributed by atoms with Crippen molar-refractivity contribution in [2.45, 2.75) is 26.7 Å². The van der Waals surface area contributed by atoms with Gasteiger partial charge in [-0.2, -0.15) is 0 Å². The maximum Gasteiger partial charge on any atom is 0.255 e. The van der Waals surface area contributed by atoms with Crippen LogP contribution in [-0.2, 0) is 0 Å². The Morgan fingerprint density at radius 3 is 2.78 bits per heavy atom. The number of carbonyl (C=O) groups excluding carboxylic acids is 1. The molecule has 2 aromatic carbocycles. The number of hydrogen-bond acceptors (Lipinski definition) is 2. The summed E-state index contributed by atoms with van der Waals surface area (Å²) in [6.07, 6.45) is 2.12. The normalized spacial score (nSPS) is 17.3. The Morgan fingerprint density at radius 1 is 1.15 bits per heavy atom. The zero-order chi connectivity index (χ0) is 18.8. The van der Waals surface area contributed by atoms with Gasteiger partial charge < -0.3 is 14.6 Å². The zero-order valence-electron chi connectivity index (χ0n) is 16.0. The number of rotatable bonds is 4. The van der Waals surface area contributed by atoms with Gasteiger partial charge in [-0.3, -0.25) is 4.79 Å². The maximum absolute atomic E-state index is 13.2. The van der Waals surface area contributed by atoms with Gasteiger partial charge in [-0.15, -0.1) is 0 Å². The van der Waals surface area contributed by atoms with Crippen LogP contribution in [-0.4, -0.2) is 35.5 Å². The van der Waals surface area contributed by atoms with Crippen LogP contribution in [0.2, 0.25) is 0 Å². The van der Waals surface area contributed by atoms with Crippen LogP contribution >= 0.6 is 0 Å². The van der Waals surface area contributed by atoms with E-state index < -0.39 is 0 Å². The molecule has 1 aliphatic rings. The quantitative estimate of drug-likeness (QED) is 0.730. The average Bonchev–Trinajstić information content (AvgIpc) is 3.01. The third-order valence-electron chi connectivity index (χ3n) is 5.61. The second-order valence-electron chi connectivity index (χ2n) is 7.49. The molecule has 0 radical (unpaired) electrons. The lowest BCUT2D eigenvalue weighted by molar-refractivity contribution is 0.0635. The summed E-state index contributed by atoms with van der Waals surface area (Å²) in [5.74, 6) is 1.38. The minimum absolute atomic E-state index is 0.117. The van der Waals surface area contributed by atoms with Gasteiger partial charge in [-0.1, -0.05) is 30.3 Å². The van der Waals surface area contributed by atoms with E-state index in [2.05, 4.69) is 24.9 Å². The number of H-pyrrole nitrogens is 1. The lowest BCUT2D eigenvalue weighted by atomic mass is 9.98. The predicted molar refractivity (Wildman–Crippen MR) is 108 cm³/mol. The first-order valence-corrected chi connectivity index (χ1v) is 9.68. The van der Waals surface area contributed by atoms with Crippen molar-refractivity contribution in [2.75, 3.05) is 19.7 Å². The van der Waals surface area contributed by atoms with Crippen molar-refractivity contribution >= 4 is 16.8 Å². The second-order valence-corrected chi connectivity index (χ2v) is 7.49. The third kappa shape index (κ3) is 3.57. The molecule has 1 unspecified atom stereocenters. The topological polar surface area (TPSA) is 45.3 Å². The molecule has 3 aromatic rings. The van der Waals surface area contributed by atoms with Gasteiger partial charge in [0.1, 0.15) is 5.75 Å². The van der Waals surface area contributed by atoms with Crippen molar-refractivity contribution in [2.24, 2.45) is 5.92 Å². The third-order valence-corrected chi connectivity index (χ3v) is 5.61. The largest absolute Gasteiger partial charge is 0.493 e. The number of aromatic nitrogens is 1. The number of aryl methyl sites for hydroxylation is 2. The molecule has 1 atom stereocenters. The predicted octanol–water partition coefficient (Wildman–Crippen LogP) is 4.72. The number of para-hydroxylation sites is 2. The number of aromatic amines is 1. The number of nitrogens with one attached hydrogen (secondary N) is 1. The van der Waals surface area contributed by atoms with E-state index in [1.54, 1.807) is 0 Å². The summed E-state index contributed by atoms with van der Waals surface area (Å²) in [6.45, 7) is 6.37. The van der Waals surface area contributed by atoms with Gasteiger partial charge in [-0.25, -0.2) is 0 Å². The number of benzene rings is 2. The summed E-state index contributed by atoms with van der Waals surface area (Å²) in [5, 5.41) is 1.14. The van der Waals surface area contributed by atoms with E-state index in [1.807, 2.05) is 47.4 Å². The molecule has 0 spiro atoms. The number of fused-ring (bicyclic) bond motifs is 1. The first kappa shape index (κ1) is 17.7. The highest BCUT2D eigenvalue weighted by molar-refractivity contribution is 6.06. The molecule has 0 bridgehead atoms. The minimum Gasteiger partial charge on any atom is -0.493 e. The smallest absolute Gasteiger partial charge is 0.255 e. The Kier molecular flexibility index (Phi) is 4.88. The first-order valence-electron chi connectivity index (χ1n) is 9.68. The van der Waals surface area contributed by atoms with Crippen LogP contribution in [0.15, 0.2) is 48.5 Å². The molecule has 140 valence electrons. The summed E-state index contributed by atoms with van der Waals surface area (Å²) in [4.78, 5) is 18.6. The number of ether oxygens (including phenoxy) is 1. The van der Waals surface area contributed by atoms with Crippen LogP contribution in [0.25, 0.3) is 10.9 Å². The van der Waals surface area contributed by atoms with Crippen LogP contribution < -0.4 is 4.74 Å². The second kappa shape index (κ2) is 7.47. The van der Waals surface area contributed by atoms with Crippen molar-refractivity contribution in [3.05, 3.63) is 65.4 Å². The molecule has 4 heteroatoms. The number of piperidine rings is 1. The number of hydrogen-bond donors (Lipinski definition) is 1. The van der Waals surface area contributed by atoms with Crippen molar-refractivity contribution in [1.82, 2.24) is 9.88 Å². The summed E-state index contributed by atoms with van der Waals surface area (Å²) >= 11 is 0. The highest BCUT2D eigenvalue weighted by atomic mass is 16.5. The highest BCUT2D eigenvalue weighted by Gasteiger charge is 2.26. The van der Waals surface area contributed by atoms with Crippen LogP contribution in [0.4, 0.5) is 0 Å². The van der Waals surface area contributed by atoms with Gasteiger partial charge in [0, 0.05) is 30.1 Å². The van der Waals surface area contributed by atoms with Crippen molar-refractivity contribution in [3.8, 4) is 5.75 Å². The molecule has 1 fully saturated rings. The van der Waals surface area contributed by atoms with Crippen LogP contribution in [0.3, 0.4) is 0 Å². The van der Waals surface area contributed by atoms with Gasteiger partial charge in [0.15, 0.2) is 0 Å². The Bertz CT molecular complexity index is 946. The van der Waals surface area contributed by atoms with Gasteiger partial charge in [0.2, 0.25) is 0 Å². The van der Waals surface area contributed by atoms with Gasteiger partial charge in [-0.05, 0) is 50.5 Å². The first-order chi connectivity index (χ1) is 13.1. The Morgan fingerprint density at radius 2 is 1.96 bits per heavy atom. The summed E-state index contributed by atoms with van der Waals surface area (Å²) in [5.41, 5.74) is 4.07. The monoisotopic (exact) mass is 362 g/mol. The molecule has 1 saturated heterocycles. The fourth-order valence-corrected chi connectivity index (χ4v) is 3.95. The SMILES string of the molecule is Cc1[nH]c2c(C(=O)N3CCCC(COc4ccccc4)C3)cccc2c1C. The summed E-state index contributed by atoms with van der Waals surface area (Å²) in [7, 11) is 0. The number of carbonyl (C=O) groups is 1. The molecule has 1 amide bonds. The molecule has 1 aliphatic heterocycles. The molecule has 1 aromatic heterocycles. The van der Waals surface area contributed by atoms with E-state index in [-0.39, 0.29) is 5.91 Å². The molecule has 0 saturated carbocycles. The van der Waals surface area contributed by atoms with E-state index in [1.165, 1.54) is 5.56 Å². The Balaban J connectivity index is 1.48. The highest BCUT2D eigenvalue weighted by Crippen LogP contribution is 2.27. The fourth-order valence-electron chi connectivity index (χ4n) is 3.95. The molecule has 1 N–H and O–H groups in total. The van der Waals surface area contributed by atoms with E-state index in [4.69, 9.17) is 4.74 Å².